The van der Waals surface area contributed by atoms with Crippen LogP contribution in [0.1, 0.15) is 64.2 Å². The minimum Gasteiger partial charge on any atom is -0.481 e. The van der Waals surface area contributed by atoms with Crippen molar-refractivity contribution in [2.24, 2.45) is 10.8 Å². The molecule has 47 heavy (non-hydrogen) atoms. The molecular weight excluding hydrogens is 629 g/mol. The van der Waals surface area contributed by atoms with E-state index in [4.69, 9.17) is 17.3 Å². The minimum absolute atomic E-state index is 0.112. The van der Waals surface area contributed by atoms with E-state index in [2.05, 4.69) is 98.5 Å². The molecule has 2 aliphatic heterocycles. The lowest BCUT2D eigenvalue weighted by atomic mass is 9.78. The Balaban J connectivity index is 1.25. The van der Waals surface area contributed by atoms with E-state index in [1.165, 1.54) is 5.56 Å². The van der Waals surface area contributed by atoms with Crippen molar-refractivity contribution in [2.45, 2.75) is 59.9 Å². The molecule has 0 radical (unpaired) electrons. The summed E-state index contributed by atoms with van der Waals surface area (Å²) in [6.45, 7) is 9.60. The average Bonchev–Trinajstić information content (AvgIpc) is 3.48. The fraction of sp³-hybridized carbons (Fsp3) is 0.316. The molecule has 3 aromatic carbocycles. The Morgan fingerprint density at radius 3 is 2.17 bits per heavy atom. The van der Waals surface area contributed by atoms with Gasteiger partial charge in [-0.25, -0.2) is 0 Å². The number of hydrogen-bond acceptors (Lipinski definition) is 6. The van der Waals surface area contributed by atoms with E-state index in [0.717, 1.165) is 63.1 Å². The number of aliphatic carboxylic acids is 2. The van der Waals surface area contributed by atoms with E-state index in [-0.39, 0.29) is 21.7 Å². The molecule has 1 amide bonds. The van der Waals surface area contributed by atoms with Gasteiger partial charge in [0.1, 0.15) is 10.9 Å². The van der Waals surface area contributed by atoms with Gasteiger partial charge in [0.25, 0.3) is 5.91 Å². The Kier molecular flexibility index (Phi) is 9.80. The lowest BCUT2D eigenvalue weighted by Crippen LogP contribution is -2.33. The number of carbonyl (C=O) groups is 3. The summed E-state index contributed by atoms with van der Waals surface area (Å²) in [5, 5.41) is 18.5. The summed E-state index contributed by atoms with van der Waals surface area (Å²) in [6.07, 6.45) is 8.33. The number of carboxylic acids is 2. The third-order valence-corrected chi connectivity index (χ3v) is 10.3. The zero-order chi connectivity index (χ0) is 34.1. The van der Waals surface area contributed by atoms with E-state index < -0.39 is 23.9 Å². The maximum Gasteiger partial charge on any atom is 0.323 e. The lowest BCUT2D eigenvalue weighted by molar-refractivity contribution is -0.147. The number of amides is 1. The lowest BCUT2D eigenvalue weighted by Gasteiger charge is -2.26. The second-order valence-electron chi connectivity index (χ2n) is 13.7. The number of thiocarbonyl (C=S) groups is 1. The highest BCUT2D eigenvalue weighted by Crippen LogP contribution is 2.41. The van der Waals surface area contributed by atoms with E-state index in [1.54, 1.807) is 19.9 Å². The highest BCUT2D eigenvalue weighted by atomic mass is 32.2. The van der Waals surface area contributed by atoms with Crippen LogP contribution in [0.5, 0.6) is 0 Å². The molecule has 0 spiro atoms. The van der Waals surface area contributed by atoms with Gasteiger partial charge in [-0.15, -0.1) is 0 Å². The van der Waals surface area contributed by atoms with Crippen molar-refractivity contribution in [3.63, 3.8) is 0 Å². The van der Waals surface area contributed by atoms with Gasteiger partial charge >= 0.3 is 11.9 Å². The first-order chi connectivity index (χ1) is 22.1. The minimum atomic E-state index is -1.10. The Labute approximate surface area is 286 Å². The summed E-state index contributed by atoms with van der Waals surface area (Å²) in [4.78, 5) is 39.2. The molecule has 1 fully saturated rings. The van der Waals surface area contributed by atoms with Gasteiger partial charge in [0, 0.05) is 17.4 Å². The van der Waals surface area contributed by atoms with Crippen molar-refractivity contribution >= 4 is 69.7 Å². The van der Waals surface area contributed by atoms with Crippen LogP contribution in [0.3, 0.4) is 0 Å². The Bertz CT molecular complexity index is 1770. The van der Waals surface area contributed by atoms with Crippen LogP contribution in [0.4, 0.5) is 11.4 Å². The summed E-state index contributed by atoms with van der Waals surface area (Å²) >= 11 is 6.36. The van der Waals surface area contributed by atoms with Crippen LogP contribution in [-0.4, -0.2) is 49.9 Å². The van der Waals surface area contributed by atoms with Crippen molar-refractivity contribution < 1.29 is 24.6 Å². The molecule has 2 aliphatic rings. The molecule has 0 bridgehead atoms. The zero-order valence-electron chi connectivity index (χ0n) is 27.3. The third-order valence-electron chi connectivity index (χ3n) is 8.87. The highest BCUT2D eigenvalue weighted by Gasteiger charge is 2.34. The first-order valence-corrected chi connectivity index (χ1v) is 16.9. The van der Waals surface area contributed by atoms with Crippen molar-refractivity contribution in [3.8, 4) is 11.1 Å². The van der Waals surface area contributed by atoms with E-state index in [0.29, 0.717) is 11.3 Å². The maximum atomic E-state index is 12.7. The number of benzene rings is 3. The number of hydrogen-bond donors (Lipinski definition) is 2. The van der Waals surface area contributed by atoms with Crippen molar-refractivity contribution in [3.05, 3.63) is 94.4 Å². The van der Waals surface area contributed by atoms with Gasteiger partial charge < -0.3 is 15.1 Å². The number of nitrogens with zero attached hydrogens (tertiary/aromatic N) is 2. The molecule has 0 aliphatic carbocycles. The van der Waals surface area contributed by atoms with Crippen molar-refractivity contribution in [1.82, 2.24) is 4.90 Å². The third kappa shape index (κ3) is 7.85. The summed E-state index contributed by atoms with van der Waals surface area (Å²) in [7, 11) is 0. The number of rotatable bonds is 11. The molecule has 9 heteroatoms. The predicted molar refractivity (Wildman–Crippen MR) is 195 cm³/mol. The van der Waals surface area contributed by atoms with Gasteiger partial charge in [-0.1, -0.05) is 92.4 Å². The normalized spacial score (nSPS) is 17.6. The van der Waals surface area contributed by atoms with Gasteiger partial charge in [0.2, 0.25) is 0 Å². The molecule has 7 nitrogen and oxygen atoms in total. The molecular formula is C38H40N2O5S2. The van der Waals surface area contributed by atoms with Crippen molar-refractivity contribution in [1.29, 1.82) is 0 Å². The molecule has 1 unspecified atom stereocenters. The predicted octanol–water partition coefficient (Wildman–Crippen LogP) is 8.65. The second kappa shape index (κ2) is 13.5. The summed E-state index contributed by atoms with van der Waals surface area (Å²) in [6, 6.07) is 23.5. The molecule has 5 rings (SSSR count). The standard InChI is InChI=1S/C38H40N2O5S2/c1-24-20-29-21-26(22-32-34(43)39(23-33(41)42)36(46)47-32)8-15-31(29)40(24)30-13-11-28(12-14-30)27-9-6-25(7-10-27)16-17-37(2,3)18-19-38(4,5)35(44)45/h6-17,21-22,24H,18-20,23H2,1-5H3,(H,41,42)(H,44,45)/b17-16?,32-22-. The molecule has 2 heterocycles. The van der Waals surface area contributed by atoms with E-state index in [1.807, 2.05) is 6.07 Å². The Morgan fingerprint density at radius 1 is 0.936 bits per heavy atom. The molecule has 244 valence electrons. The highest BCUT2D eigenvalue weighted by molar-refractivity contribution is 8.26. The molecule has 1 saturated heterocycles. The van der Waals surface area contributed by atoms with Gasteiger partial charge in [0.15, 0.2) is 0 Å². The summed E-state index contributed by atoms with van der Waals surface area (Å²) in [5.41, 5.74) is 6.82. The van der Waals surface area contributed by atoms with Gasteiger partial charge in [-0.3, -0.25) is 19.3 Å². The Hall–Kier alpha value is -4.21. The molecule has 3 aromatic rings. The quantitative estimate of drug-likeness (QED) is 0.155. The number of thioether (sulfide) groups is 1. The smallest absolute Gasteiger partial charge is 0.323 e. The fourth-order valence-corrected chi connectivity index (χ4v) is 7.06. The molecule has 2 N–H and O–H groups in total. The van der Waals surface area contributed by atoms with Crippen molar-refractivity contribution in [2.75, 3.05) is 11.4 Å². The van der Waals surface area contributed by atoms with Gasteiger partial charge in [-0.05, 0) is 104 Å². The van der Waals surface area contributed by atoms with Crippen LogP contribution in [-0.2, 0) is 20.8 Å². The number of fused-ring (bicyclic) bond motifs is 1. The molecule has 0 saturated carbocycles. The first kappa shape index (κ1) is 34.1. The van der Waals surface area contributed by atoms with Crippen LogP contribution in [0.15, 0.2) is 77.7 Å². The van der Waals surface area contributed by atoms with Crippen LogP contribution in [0, 0.1) is 10.8 Å². The van der Waals surface area contributed by atoms with Crippen LogP contribution in [0.25, 0.3) is 23.3 Å². The monoisotopic (exact) mass is 668 g/mol. The number of carboxylic acid groups (broad SMARTS) is 2. The first-order valence-electron chi connectivity index (χ1n) is 15.7. The SMILES string of the molecule is CC1Cc2cc(/C=C3\SC(=S)N(CC(=O)O)C3=O)ccc2N1c1ccc(-c2ccc(C=CC(C)(C)CCC(C)(C)C(=O)O)cc2)cc1. The van der Waals surface area contributed by atoms with Crippen LogP contribution in [0.2, 0.25) is 0 Å². The molecule has 1 atom stereocenters. The van der Waals surface area contributed by atoms with Gasteiger partial charge in [-0.2, -0.15) is 0 Å². The number of allylic oxidation sites excluding steroid dienone is 1. The average molecular weight is 669 g/mol. The number of carbonyl (C=O) groups excluding carboxylic acids is 1. The number of anilines is 2. The summed E-state index contributed by atoms with van der Waals surface area (Å²) < 4.78 is 0.260. The van der Waals surface area contributed by atoms with Crippen LogP contribution >= 0.6 is 24.0 Å². The summed E-state index contributed by atoms with van der Waals surface area (Å²) in [5.74, 6) is -2.23. The van der Waals surface area contributed by atoms with E-state index in [9.17, 15) is 19.5 Å². The van der Waals surface area contributed by atoms with Gasteiger partial charge in [0.05, 0.1) is 10.3 Å². The maximum absolute atomic E-state index is 12.7. The fourth-order valence-electron chi connectivity index (χ4n) is 5.81. The van der Waals surface area contributed by atoms with Crippen LogP contribution < -0.4 is 4.90 Å². The zero-order valence-corrected chi connectivity index (χ0v) is 29.0. The topological polar surface area (TPSA) is 98.2 Å². The molecule has 0 aromatic heterocycles. The second-order valence-corrected chi connectivity index (χ2v) is 15.3. The Morgan fingerprint density at radius 2 is 1.55 bits per heavy atom. The largest absolute Gasteiger partial charge is 0.481 e. The van der Waals surface area contributed by atoms with E-state index >= 15 is 0 Å².